The molecule has 0 atom stereocenters. The lowest BCUT2D eigenvalue weighted by Gasteiger charge is -2.14. The molecule has 0 fully saturated rings. The molecule has 7 aromatic rings. The maximum atomic E-state index is 3.62. The second-order valence-electron chi connectivity index (χ2n) is 9.89. The van der Waals surface area contributed by atoms with Crippen LogP contribution in [0.5, 0.6) is 0 Å². The summed E-state index contributed by atoms with van der Waals surface area (Å²) in [6.45, 7) is 0. The SMILES string of the molecule is c1ccc(-c2ccccc2-c2ccc(Nc3cccc(-c4cc5ccccc5c5ccccc45)c3)cc2)cc1. The van der Waals surface area contributed by atoms with Crippen molar-refractivity contribution < 1.29 is 0 Å². The molecule has 0 unspecified atom stereocenters. The van der Waals surface area contributed by atoms with Crippen molar-refractivity contribution in [1.29, 1.82) is 0 Å². The topological polar surface area (TPSA) is 12.0 Å². The first-order chi connectivity index (χ1) is 19.3. The summed E-state index contributed by atoms with van der Waals surface area (Å²) in [7, 11) is 0. The van der Waals surface area contributed by atoms with Gasteiger partial charge in [0.2, 0.25) is 0 Å². The van der Waals surface area contributed by atoms with Crippen molar-refractivity contribution in [3.63, 3.8) is 0 Å². The third-order valence-corrected chi connectivity index (χ3v) is 7.44. The van der Waals surface area contributed by atoms with E-state index in [2.05, 4.69) is 163 Å². The van der Waals surface area contributed by atoms with Crippen LogP contribution in [-0.2, 0) is 0 Å². The van der Waals surface area contributed by atoms with E-state index in [1.165, 1.54) is 54.9 Å². The lowest BCUT2D eigenvalue weighted by Crippen LogP contribution is -1.92. The van der Waals surface area contributed by atoms with Crippen LogP contribution in [0.25, 0.3) is 54.9 Å². The van der Waals surface area contributed by atoms with E-state index in [4.69, 9.17) is 0 Å². The summed E-state index contributed by atoms with van der Waals surface area (Å²) in [4.78, 5) is 0. The summed E-state index contributed by atoms with van der Waals surface area (Å²) in [5, 5.41) is 8.74. The van der Waals surface area contributed by atoms with E-state index in [0.29, 0.717) is 0 Å². The highest BCUT2D eigenvalue weighted by atomic mass is 14.9. The predicted molar refractivity (Wildman–Crippen MR) is 167 cm³/mol. The van der Waals surface area contributed by atoms with E-state index in [1.54, 1.807) is 0 Å². The minimum Gasteiger partial charge on any atom is -0.356 e. The van der Waals surface area contributed by atoms with Crippen LogP contribution in [0.1, 0.15) is 0 Å². The van der Waals surface area contributed by atoms with Crippen LogP contribution in [0.15, 0.2) is 158 Å². The van der Waals surface area contributed by atoms with E-state index in [-0.39, 0.29) is 0 Å². The van der Waals surface area contributed by atoms with Gasteiger partial charge in [-0.1, -0.05) is 127 Å². The van der Waals surface area contributed by atoms with Gasteiger partial charge < -0.3 is 5.32 Å². The normalized spacial score (nSPS) is 11.1. The van der Waals surface area contributed by atoms with Crippen LogP contribution in [0, 0.1) is 0 Å². The summed E-state index contributed by atoms with van der Waals surface area (Å²) in [6, 6.07) is 56.3. The van der Waals surface area contributed by atoms with E-state index in [0.717, 1.165) is 11.4 Å². The van der Waals surface area contributed by atoms with Crippen molar-refractivity contribution in [3.8, 4) is 33.4 Å². The van der Waals surface area contributed by atoms with Gasteiger partial charge in [0.1, 0.15) is 0 Å². The zero-order chi connectivity index (χ0) is 26.0. The summed E-state index contributed by atoms with van der Waals surface area (Å²) < 4.78 is 0. The molecule has 0 spiro atoms. The predicted octanol–water partition coefficient (Wildman–Crippen LogP) is 10.7. The Morgan fingerprint density at radius 3 is 1.67 bits per heavy atom. The van der Waals surface area contributed by atoms with Crippen LogP contribution in [0.2, 0.25) is 0 Å². The first-order valence-corrected chi connectivity index (χ1v) is 13.4. The number of nitrogens with one attached hydrogen (secondary N) is 1. The van der Waals surface area contributed by atoms with Crippen molar-refractivity contribution >= 4 is 32.9 Å². The number of hydrogen-bond acceptors (Lipinski definition) is 1. The Kier molecular flexibility index (Phi) is 5.88. The van der Waals surface area contributed by atoms with Gasteiger partial charge in [0, 0.05) is 11.4 Å². The number of hydrogen-bond donors (Lipinski definition) is 1. The van der Waals surface area contributed by atoms with Crippen molar-refractivity contribution in [2.45, 2.75) is 0 Å². The Balaban J connectivity index is 1.21. The van der Waals surface area contributed by atoms with Crippen molar-refractivity contribution in [2.24, 2.45) is 0 Å². The van der Waals surface area contributed by atoms with Crippen LogP contribution in [0.3, 0.4) is 0 Å². The molecule has 0 aliphatic rings. The van der Waals surface area contributed by atoms with E-state index in [1.807, 2.05) is 0 Å². The maximum absolute atomic E-state index is 3.62. The van der Waals surface area contributed by atoms with Gasteiger partial charge in [-0.05, 0) is 85.3 Å². The zero-order valence-corrected chi connectivity index (χ0v) is 21.5. The Labute approximate surface area is 229 Å². The Hall–Kier alpha value is -5.14. The summed E-state index contributed by atoms with van der Waals surface area (Å²) in [6.07, 6.45) is 0. The molecule has 0 amide bonds. The summed E-state index contributed by atoms with van der Waals surface area (Å²) in [5.41, 5.74) is 9.51. The average molecular weight is 498 g/mol. The van der Waals surface area contributed by atoms with Gasteiger partial charge in [-0.2, -0.15) is 0 Å². The molecule has 0 radical (unpaired) electrons. The largest absolute Gasteiger partial charge is 0.356 e. The molecule has 0 saturated heterocycles. The molecular weight excluding hydrogens is 470 g/mol. The quantitative estimate of drug-likeness (QED) is 0.233. The van der Waals surface area contributed by atoms with Crippen molar-refractivity contribution in [1.82, 2.24) is 0 Å². The lowest BCUT2D eigenvalue weighted by atomic mass is 9.93. The molecular formula is C38H27N. The van der Waals surface area contributed by atoms with E-state index >= 15 is 0 Å². The first kappa shape index (κ1) is 23.0. The number of rotatable bonds is 5. The van der Waals surface area contributed by atoms with Gasteiger partial charge in [-0.15, -0.1) is 0 Å². The molecule has 0 saturated carbocycles. The van der Waals surface area contributed by atoms with E-state index < -0.39 is 0 Å². The molecule has 0 bridgehead atoms. The molecule has 0 aromatic heterocycles. The van der Waals surface area contributed by atoms with Gasteiger partial charge in [0.15, 0.2) is 0 Å². The molecule has 1 nitrogen and oxygen atoms in total. The standard InChI is InChI=1S/C38H27N/c1-2-11-27(12-3-1)33-16-6-7-17-34(33)28-21-23-31(24-22-28)39-32-15-10-14-29(25-32)38-26-30-13-4-5-18-35(30)36-19-8-9-20-37(36)38/h1-26,39H. The fraction of sp³-hybridized carbons (Fsp3) is 0. The average Bonchev–Trinajstić information content (AvgIpc) is 3.02. The van der Waals surface area contributed by atoms with Gasteiger partial charge in [0.05, 0.1) is 0 Å². The Morgan fingerprint density at radius 2 is 0.897 bits per heavy atom. The zero-order valence-electron chi connectivity index (χ0n) is 21.5. The number of benzene rings is 7. The Morgan fingerprint density at radius 1 is 0.308 bits per heavy atom. The highest BCUT2D eigenvalue weighted by molar-refractivity contribution is 6.13. The second-order valence-corrected chi connectivity index (χ2v) is 9.89. The molecule has 39 heavy (non-hydrogen) atoms. The van der Waals surface area contributed by atoms with Gasteiger partial charge >= 0.3 is 0 Å². The van der Waals surface area contributed by atoms with Gasteiger partial charge in [-0.25, -0.2) is 0 Å². The third kappa shape index (κ3) is 4.45. The number of anilines is 2. The van der Waals surface area contributed by atoms with Crippen molar-refractivity contribution in [3.05, 3.63) is 158 Å². The molecule has 0 aliphatic carbocycles. The molecule has 7 rings (SSSR count). The van der Waals surface area contributed by atoms with Crippen LogP contribution in [0.4, 0.5) is 11.4 Å². The summed E-state index contributed by atoms with van der Waals surface area (Å²) >= 11 is 0. The van der Waals surface area contributed by atoms with Crippen LogP contribution < -0.4 is 5.32 Å². The lowest BCUT2D eigenvalue weighted by molar-refractivity contribution is 1.53. The fourth-order valence-corrected chi connectivity index (χ4v) is 5.56. The highest BCUT2D eigenvalue weighted by Gasteiger charge is 2.10. The van der Waals surface area contributed by atoms with E-state index in [9.17, 15) is 0 Å². The smallest absolute Gasteiger partial charge is 0.0390 e. The minimum atomic E-state index is 1.07. The number of fused-ring (bicyclic) bond motifs is 3. The first-order valence-electron chi connectivity index (χ1n) is 13.4. The fourth-order valence-electron chi connectivity index (χ4n) is 5.56. The minimum absolute atomic E-state index is 1.07. The maximum Gasteiger partial charge on any atom is 0.0390 e. The molecule has 7 aromatic carbocycles. The Bertz CT molecular complexity index is 1920. The van der Waals surface area contributed by atoms with Gasteiger partial charge in [0.25, 0.3) is 0 Å². The molecule has 184 valence electrons. The van der Waals surface area contributed by atoms with Gasteiger partial charge in [-0.3, -0.25) is 0 Å². The molecule has 1 N–H and O–H groups in total. The molecule has 1 heteroatoms. The third-order valence-electron chi connectivity index (χ3n) is 7.44. The monoisotopic (exact) mass is 497 g/mol. The van der Waals surface area contributed by atoms with Crippen LogP contribution in [-0.4, -0.2) is 0 Å². The van der Waals surface area contributed by atoms with Crippen molar-refractivity contribution in [2.75, 3.05) is 5.32 Å². The second kappa shape index (κ2) is 9.96. The summed E-state index contributed by atoms with van der Waals surface area (Å²) in [5.74, 6) is 0. The highest BCUT2D eigenvalue weighted by Crippen LogP contribution is 2.36. The van der Waals surface area contributed by atoms with Crippen LogP contribution >= 0.6 is 0 Å². The molecule has 0 heterocycles. The molecule has 0 aliphatic heterocycles.